The predicted molar refractivity (Wildman–Crippen MR) is 217 cm³/mol. The summed E-state index contributed by atoms with van der Waals surface area (Å²) in [7, 11) is 2.78. The fourth-order valence-electron chi connectivity index (χ4n) is 4.73. The number of carbonyl (C=O) groups excluding carboxylic acids is 2. The number of alkyl halides is 1. The first kappa shape index (κ1) is 52.1. The number of hydrogen-bond acceptors (Lipinski definition) is 14. The SMILES string of the molecule is CCCOCCOCCN(CCCC(=O)OC)c1cc(CO)cc(CO)c1.CCCOCCOCCNc1cc(CO)cc(CO)c1.COC(=O)CCCBr. The van der Waals surface area contributed by atoms with E-state index in [0.717, 1.165) is 71.4 Å². The minimum atomic E-state index is -0.237. The van der Waals surface area contributed by atoms with E-state index < -0.39 is 0 Å². The zero-order chi connectivity index (χ0) is 40.9. The molecule has 2 aromatic rings. The predicted octanol–water partition coefficient (Wildman–Crippen LogP) is 4.73. The second-order valence-corrected chi connectivity index (χ2v) is 12.9. The van der Waals surface area contributed by atoms with E-state index in [0.29, 0.717) is 78.5 Å². The van der Waals surface area contributed by atoms with Crippen LogP contribution in [0.15, 0.2) is 36.4 Å². The van der Waals surface area contributed by atoms with Crippen LogP contribution < -0.4 is 10.2 Å². The van der Waals surface area contributed by atoms with E-state index in [-0.39, 0.29) is 38.4 Å². The monoisotopic (exact) mass is 846 g/mol. The van der Waals surface area contributed by atoms with Crippen molar-refractivity contribution in [2.75, 3.05) is 102 Å². The molecule has 2 aromatic carbocycles. The van der Waals surface area contributed by atoms with Gasteiger partial charge < -0.3 is 59.1 Å². The maximum atomic E-state index is 11.4. The number of rotatable bonds is 29. The summed E-state index contributed by atoms with van der Waals surface area (Å²) in [6.07, 6.45) is 4.36. The Morgan fingerprint density at radius 2 is 1.04 bits per heavy atom. The average Bonchev–Trinajstić information content (AvgIpc) is 3.22. The van der Waals surface area contributed by atoms with E-state index >= 15 is 0 Å². The van der Waals surface area contributed by atoms with Crippen molar-refractivity contribution >= 4 is 39.2 Å². The van der Waals surface area contributed by atoms with E-state index in [1.807, 2.05) is 24.3 Å². The Hall–Kier alpha value is -2.86. The number of carbonyl (C=O) groups is 2. The summed E-state index contributed by atoms with van der Waals surface area (Å²) in [5.74, 6) is -0.371. The number of benzene rings is 2. The highest BCUT2D eigenvalue weighted by atomic mass is 79.9. The van der Waals surface area contributed by atoms with Crippen LogP contribution in [0.2, 0.25) is 0 Å². The number of aliphatic hydroxyl groups excluding tert-OH is 4. The van der Waals surface area contributed by atoms with Crippen molar-refractivity contribution < 1.29 is 58.4 Å². The highest BCUT2D eigenvalue weighted by Crippen LogP contribution is 2.21. The van der Waals surface area contributed by atoms with E-state index in [1.54, 1.807) is 12.1 Å². The largest absolute Gasteiger partial charge is 0.469 e. The molecule has 0 aliphatic rings. The van der Waals surface area contributed by atoms with Gasteiger partial charge in [-0.2, -0.15) is 0 Å². The molecular weight excluding hydrogens is 780 g/mol. The van der Waals surface area contributed by atoms with Gasteiger partial charge in [-0.25, -0.2) is 0 Å². The molecule has 316 valence electrons. The van der Waals surface area contributed by atoms with Crippen molar-refractivity contribution in [1.82, 2.24) is 0 Å². The summed E-state index contributed by atoms with van der Waals surface area (Å²) in [5.41, 5.74) is 4.82. The molecule has 0 aliphatic heterocycles. The third kappa shape index (κ3) is 28.2. The van der Waals surface area contributed by atoms with Crippen LogP contribution in [0.1, 0.15) is 74.6 Å². The fourth-order valence-corrected chi connectivity index (χ4v) is 5.01. The molecule has 0 aromatic heterocycles. The molecule has 0 atom stereocenters. The van der Waals surface area contributed by atoms with Crippen LogP contribution in [-0.4, -0.2) is 124 Å². The van der Waals surface area contributed by atoms with Crippen molar-refractivity contribution in [3.8, 4) is 0 Å². The molecule has 0 saturated carbocycles. The van der Waals surface area contributed by atoms with Crippen LogP contribution in [0.25, 0.3) is 0 Å². The summed E-state index contributed by atoms with van der Waals surface area (Å²) in [5, 5.41) is 41.3. The molecule has 15 heteroatoms. The van der Waals surface area contributed by atoms with Gasteiger partial charge in [0.2, 0.25) is 0 Å². The fraction of sp³-hybridized carbons (Fsp3) is 0.650. The van der Waals surface area contributed by atoms with Crippen LogP contribution in [0.4, 0.5) is 11.4 Å². The van der Waals surface area contributed by atoms with Crippen LogP contribution in [0.5, 0.6) is 0 Å². The van der Waals surface area contributed by atoms with Crippen molar-refractivity contribution in [2.24, 2.45) is 0 Å². The highest BCUT2D eigenvalue weighted by molar-refractivity contribution is 9.09. The summed E-state index contributed by atoms with van der Waals surface area (Å²) in [6, 6.07) is 11.1. The second kappa shape index (κ2) is 36.8. The lowest BCUT2D eigenvalue weighted by molar-refractivity contribution is -0.141. The van der Waals surface area contributed by atoms with Gasteiger partial charge in [-0.05, 0) is 72.2 Å². The third-order valence-electron chi connectivity index (χ3n) is 7.49. The lowest BCUT2D eigenvalue weighted by Gasteiger charge is -2.26. The van der Waals surface area contributed by atoms with Crippen molar-refractivity contribution in [2.45, 2.75) is 78.8 Å². The topological polar surface area (TPSA) is 186 Å². The molecule has 0 heterocycles. The Morgan fingerprint density at radius 3 is 1.47 bits per heavy atom. The molecule has 0 fully saturated rings. The maximum absolute atomic E-state index is 11.4. The van der Waals surface area contributed by atoms with E-state index in [2.05, 4.69) is 44.7 Å². The minimum absolute atomic E-state index is 0.0339. The second-order valence-electron chi connectivity index (χ2n) is 12.1. The van der Waals surface area contributed by atoms with Gasteiger partial charge in [0, 0.05) is 62.4 Å². The van der Waals surface area contributed by atoms with Gasteiger partial charge in [0.05, 0.1) is 80.3 Å². The third-order valence-corrected chi connectivity index (χ3v) is 8.05. The number of halogens is 1. The molecule has 0 aliphatic carbocycles. The number of anilines is 2. The van der Waals surface area contributed by atoms with Gasteiger partial charge in [0.15, 0.2) is 0 Å². The lowest BCUT2D eigenvalue weighted by Crippen LogP contribution is -2.29. The Labute approximate surface area is 336 Å². The van der Waals surface area contributed by atoms with Gasteiger partial charge in [-0.1, -0.05) is 41.9 Å². The number of nitrogens with zero attached hydrogens (tertiary/aromatic N) is 1. The van der Waals surface area contributed by atoms with Crippen LogP contribution in [-0.2, 0) is 64.4 Å². The Morgan fingerprint density at radius 1 is 0.600 bits per heavy atom. The first-order valence-corrected chi connectivity index (χ1v) is 20.1. The summed E-state index contributed by atoms with van der Waals surface area (Å²) >= 11 is 3.20. The molecule has 2 rings (SSSR count). The zero-order valence-corrected chi connectivity index (χ0v) is 35.0. The normalized spacial score (nSPS) is 10.5. The van der Waals surface area contributed by atoms with E-state index in [1.165, 1.54) is 14.2 Å². The van der Waals surface area contributed by atoms with Crippen molar-refractivity contribution in [1.29, 1.82) is 0 Å². The Balaban J connectivity index is 0.000000910. The lowest BCUT2D eigenvalue weighted by atomic mass is 10.1. The molecule has 0 bridgehead atoms. The molecule has 0 unspecified atom stereocenters. The molecular formula is C40H67BrN2O12. The number of ether oxygens (including phenoxy) is 6. The number of methoxy groups -OCH3 is 2. The number of hydrogen-bond donors (Lipinski definition) is 5. The average molecular weight is 848 g/mol. The smallest absolute Gasteiger partial charge is 0.305 e. The number of nitrogens with one attached hydrogen (secondary N) is 1. The van der Waals surface area contributed by atoms with Gasteiger partial charge in [-0.15, -0.1) is 0 Å². The zero-order valence-electron chi connectivity index (χ0n) is 33.4. The van der Waals surface area contributed by atoms with Crippen molar-refractivity contribution in [3.63, 3.8) is 0 Å². The Kier molecular flexibility index (Phi) is 34.8. The number of aliphatic hydroxyl groups is 4. The summed E-state index contributed by atoms with van der Waals surface area (Å²) in [6.45, 7) is 10.8. The molecule has 5 N–H and O–H groups in total. The standard InChI is InChI=1S/C20H33NO6.C15H25NO4.C5H9BrO2/c1-3-8-26-10-11-27-9-7-21(6-4-5-20(24)25-2)19-13-17(15-22)12-18(14-19)16-23;1-2-4-19-6-7-20-5-3-16-15-9-13(11-17)8-14(10-15)12-18;1-8-5(7)3-2-4-6/h12-14,22-23H,3-11,15-16H2,1-2H3;8-10,16-18H,2-7,11-12H2,1H3;2-4H2,1H3. The van der Waals surface area contributed by atoms with Gasteiger partial charge in [0.25, 0.3) is 0 Å². The molecule has 0 saturated heterocycles. The molecule has 0 amide bonds. The molecule has 0 radical (unpaired) electrons. The molecule has 55 heavy (non-hydrogen) atoms. The maximum Gasteiger partial charge on any atom is 0.305 e. The highest BCUT2D eigenvalue weighted by Gasteiger charge is 2.11. The first-order valence-electron chi connectivity index (χ1n) is 18.9. The van der Waals surface area contributed by atoms with E-state index in [4.69, 9.17) is 33.9 Å². The van der Waals surface area contributed by atoms with Crippen LogP contribution in [0, 0.1) is 0 Å². The quantitative estimate of drug-likeness (QED) is 0.0430. The van der Waals surface area contributed by atoms with E-state index in [9.17, 15) is 19.8 Å². The first-order chi connectivity index (χ1) is 26.7. The van der Waals surface area contributed by atoms with Crippen LogP contribution in [0.3, 0.4) is 0 Å². The molecule has 0 spiro atoms. The number of esters is 2. The summed E-state index contributed by atoms with van der Waals surface area (Å²) < 4.78 is 30.9. The molecule has 14 nitrogen and oxygen atoms in total. The Bertz CT molecular complexity index is 1200. The van der Waals surface area contributed by atoms with Crippen LogP contribution >= 0.6 is 15.9 Å². The van der Waals surface area contributed by atoms with Gasteiger partial charge in [0.1, 0.15) is 0 Å². The minimum Gasteiger partial charge on any atom is -0.469 e. The van der Waals surface area contributed by atoms with Gasteiger partial charge in [-0.3, -0.25) is 9.59 Å². The van der Waals surface area contributed by atoms with Crippen molar-refractivity contribution in [3.05, 3.63) is 58.7 Å². The van der Waals surface area contributed by atoms with Gasteiger partial charge >= 0.3 is 11.9 Å². The summed E-state index contributed by atoms with van der Waals surface area (Å²) in [4.78, 5) is 23.8.